The number of alkyl halides is 2. The lowest BCUT2D eigenvalue weighted by Gasteiger charge is -2.36. The summed E-state index contributed by atoms with van der Waals surface area (Å²) in [4.78, 5) is 15.3. The number of anilines is 2. The fourth-order valence-electron chi connectivity index (χ4n) is 4.42. The van der Waals surface area contributed by atoms with Gasteiger partial charge in [0.2, 0.25) is 0 Å². The van der Waals surface area contributed by atoms with Gasteiger partial charge in [0.15, 0.2) is 5.82 Å². The first kappa shape index (κ1) is 21.0. The standard InChI is InChI=1S/C22H24F2N6O/c23-19(24)18(26)14-4-6-15(7-5-14)28-20-17-16(8-13-27-21(17)31)30(29-20)22(11-12-25)9-2-1-3-10-22/h4-8,13,18-19H,1-3,9-11,26H2,(H,27,31)(H,28,29)/t18-/m1/s1. The fraction of sp³-hybridized carbons (Fsp3) is 0.409. The minimum Gasteiger partial charge on any atom is -0.338 e. The highest BCUT2D eigenvalue weighted by atomic mass is 19.3. The number of aromatic nitrogens is 3. The maximum atomic E-state index is 12.8. The molecule has 7 nitrogen and oxygen atoms in total. The van der Waals surface area contributed by atoms with E-state index in [2.05, 4.69) is 16.4 Å². The van der Waals surface area contributed by atoms with Gasteiger partial charge in [-0.1, -0.05) is 31.4 Å². The summed E-state index contributed by atoms with van der Waals surface area (Å²) in [6, 6.07) is 9.06. The number of nitrogens with two attached hydrogens (primary N) is 1. The molecule has 4 rings (SSSR count). The van der Waals surface area contributed by atoms with Crippen molar-refractivity contribution in [3.8, 4) is 6.07 Å². The van der Waals surface area contributed by atoms with Gasteiger partial charge in [-0.3, -0.25) is 9.48 Å². The van der Waals surface area contributed by atoms with Crippen molar-refractivity contribution in [1.82, 2.24) is 14.8 Å². The number of hydrogen-bond acceptors (Lipinski definition) is 5. The molecule has 1 aliphatic carbocycles. The Morgan fingerprint density at radius 3 is 2.58 bits per heavy atom. The van der Waals surface area contributed by atoms with E-state index >= 15 is 0 Å². The third-order valence-corrected chi connectivity index (χ3v) is 6.08. The maximum absolute atomic E-state index is 12.8. The van der Waals surface area contributed by atoms with E-state index in [1.54, 1.807) is 24.4 Å². The van der Waals surface area contributed by atoms with Crippen LogP contribution < -0.4 is 16.6 Å². The van der Waals surface area contributed by atoms with E-state index in [1.165, 1.54) is 12.1 Å². The third-order valence-electron chi connectivity index (χ3n) is 6.08. The first-order valence-corrected chi connectivity index (χ1v) is 10.3. The molecule has 0 saturated heterocycles. The lowest BCUT2D eigenvalue weighted by molar-refractivity contribution is 0.116. The number of nitriles is 1. The molecule has 31 heavy (non-hydrogen) atoms. The molecule has 1 fully saturated rings. The summed E-state index contributed by atoms with van der Waals surface area (Å²) >= 11 is 0. The van der Waals surface area contributed by atoms with Crippen LogP contribution in [0.3, 0.4) is 0 Å². The summed E-state index contributed by atoms with van der Waals surface area (Å²) in [5.74, 6) is 0.366. The van der Waals surface area contributed by atoms with Gasteiger partial charge < -0.3 is 16.0 Å². The molecule has 2 heterocycles. The zero-order valence-electron chi connectivity index (χ0n) is 16.9. The molecule has 9 heteroatoms. The molecule has 2 aromatic heterocycles. The van der Waals surface area contributed by atoms with Crippen LogP contribution in [0.15, 0.2) is 41.3 Å². The van der Waals surface area contributed by atoms with Crippen molar-refractivity contribution >= 4 is 22.4 Å². The second kappa shape index (κ2) is 8.47. The van der Waals surface area contributed by atoms with Crippen LogP contribution in [0.5, 0.6) is 0 Å². The Bertz CT molecular complexity index is 1160. The third kappa shape index (κ3) is 3.91. The van der Waals surface area contributed by atoms with Crippen molar-refractivity contribution in [2.75, 3.05) is 5.32 Å². The number of H-pyrrole nitrogens is 1. The molecular weight excluding hydrogens is 402 g/mol. The highest BCUT2D eigenvalue weighted by molar-refractivity contribution is 5.91. The number of fused-ring (bicyclic) bond motifs is 1. The number of aromatic amines is 1. The predicted molar refractivity (Wildman–Crippen MR) is 114 cm³/mol. The average molecular weight is 426 g/mol. The monoisotopic (exact) mass is 426 g/mol. The molecule has 0 aliphatic heterocycles. The molecule has 1 aromatic carbocycles. The van der Waals surface area contributed by atoms with E-state index < -0.39 is 18.0 Å². The van der Waals surface area contributed by atoms with Crippen LogP contribution in [0.4, 0.5) is 20.3 Å². The minimum atomic E-state index is -2.65. The van der Waals surface area contributed by atoms with Crippen LogP contribution >= 0.6 is 0 Å². The van der Waals surface area contributed by atoms with Crippen LogP contribution in [-0.4, -0.2) is 21.2 Å². The number of hydrogen-bond donors (Lipinski definition) is 3. The van der Waals surface area contributed by atoms with Crippen molar-refractivity contribution < 1.29 is 8.78 Å². The van der Waals surface area contributed by atoms with Crippen molar-refractivity contribution in [2.45, 2.75) is 56.5 Å². The first-order chi connectivity index (χ1) is 14.9. The molecule has 0 unspecified atom stereocenters. The Balaban J connectivity index is 1.76. The van der Waals surface area contributed by atoms with Crippen molar-refractivity contribution in [3.63, 3.8) is 0 Å². The largest absolute Gasteiger partial charge is 0.338 e. The Hall–Kier alpha value is -3.25. The smallest absolute Gasteiger partial charge is 0.261 e. The zero-order valence-corrected chi connectivity index (χ0v) is 16.9. The summed E-state index contributed by atoms with van der Waals surface area (Å²) < 4.78 is 27.5. The molecule has 3 aromatic rings. The van der Waals surface area contributed by atoms with Gasteiger partial charge in [-0.05, 0) is 36.6 Å². The van der Waals surface area contributed by atoms with Crippen LogP contribution in [0, 0.1) is 11.3 Å². The van der Waals surface area contributed by atoms with Crippen molar-refractivity contribution in [3.05, 3.63) is 52.4 Å². The van der Waals surface area contributed by atoms with E-state index in [4.69, 9.17) is 10.8 Å². The summed E-state index contributed by atoms with van der Waals surface area (Å²) in [5, 5.41) is 17.8. The SMILES string of the molecule is N#CCC1(n2nc(Nc3ccc([C@@H](N)C(F)F)cc3)c3c(=O)[nH]ccc32)CCCCC1. The summed E-state index contributed by atoms with van der Waals surface area (Å²) in [5.41, 5.74) is 6.35. The molecular formula is C22H24F2N6O. The van der Waals surface area contributed by atoms with Crippen molar-refractivity contribution in [2.24, 2.45) is 5.73 Å². The normalized spacial score (nSPS) is 16.9. The van der Waals surface area contributed by atoms with Gasteiger partial charge in [-0.25, -0.2) is 8.78 Å². The van der Waals surface area contributed by atoms with Gasteiger partial charge >= 0.3 is 0 Å². The molecule has 1 aliphatic rings. The molecule has 162 valence electrons. The molecule has 0 spiro atoms. The molecule has 1 saturated carbocycles. The Labute approximate surface area is 177 Å². The highest BCUT2D eigenvalue weighted by Gasteiger charge is 2.37. The number of halogens is 2. The zero-order chi connectivity index (χ0) is 22.0. The van der Waals surface area contributed by atoms with Crippen LogP contribution in [0.1, 0.15) is 50.1 Å². The number of benzene rings is 1. The highest BCUT2D eigenvalue weighted by Crippen LogP contribution is 2.40. The van der Waals surface area contributed by atoms with Gasteiger partial charge in [-0.15, -0.1) is 0 Å². The number of nitrogens with one attached hydrogen (secondary N) is 2. The Kier molecular flexibility index (Phi) is 5.74. The van der Waals surface area contributed by atoms with Crippen LogP contribution in [-0.2, 0) is 5.54 Å². The summed E-state index contributed by atoms with van der Waals surface area (Å²) in [6.45, 7) is 0. The van der Waals surface area contributed by atoms with Crippen LogP contribution in [0.2, 0.25) is 0 Å². The van der Waals surface area contributed by atoms with Gasteiger partial charge in [0, 0.05) is 11.9 Å². The molecule has 1 atom stereocenters. The van der Waals surface area contributed by atoms with Gasteiger partial charge in [0.25, 0.3) is 12.0 Å². The van der Waals surface area contributed by atoms with E-state index in [9.17, 15) is 18.8 Å². The van der Waals surface area contributed by atoms with Crippen LogP contribution in [0.25, 0.3) is 10.9 Å². The van der Waals surface area contributed by atoms with E-state index in [1.807, 2.05) is 4.68 Å². The fourth-order valence-corrected chi connectivity index (χ4v) is 4.42. The van der Waals surface area contributed by atoms with E-state index in [0.29, 0.717) is 34.4 Å². The minimum absolute atomic E-state index is 0.287. The number of rotatable bonds is 6. The molecule has 0 bridgehead atoms. The summed E-state index contributed by atoms with van der Waals surface area (Å²) in [6.07, 6.45) is 4.01. The number of nitrogens with zero attached hydrogens (tertiary/aromatic N) is 3. The van der Waals surface area contributed by atoms with Gasteiger partial charge in [0.05, 0.1) is 29.6 Å². The van der Waals surface area contributed by atoms with E-state index in [-0.39, 0.29) is 5.56 Å². The topological polar surface area (TPSA) is 113 Å². The summed E-state index contributed by atoms with van der Waals surface area (Å²) in [7, 11) is 0. The molecule has 0 radical (unpaired) electrons. The second-order valence-electron chi connectivity index (χ2n) is 8.05. The lowest BCUT2D eigenvalue weighted by Crippen LogP contribution is -2.36. The molecule has 4 N–H and O–H groups in total. The average Bonchev–Trinajstić information content (AvgIpc) is 3.15. The second-order valence-corrected chi connectivity index (χ2v) is 8.05. The number of pyridine rings is 1. The van der Waals surface area contributed by atoms with Gasteiger partial charge in [0.1, 0.15) is 5.39 Å². The lowest BCUT2D eigenvalue weighted by atomic mass is 9.79. The Morgan fingerprint density at radius 2 is 1.94 bits per heavy atom. The maximum Gasteiger partial charge on any atom is 0.261 e. The van der Waals surface area contributed by atoms with Crippen molar-refractivity contribution in [1.29, 1.82) is 5.26 Å². The quantitative estimate of drug-likeness (QED) is 0.544. The molecule has 0 amide bonds. The van der Waals surface area contributed by atoms with Gasteiger partial charge in [-0.2, -0.15) is 10.4 Å². The van der Waals surface area contributed by atoms with E-state index in [0.717, 1.165) is 32.1 Å². The Morgan fingerprint density at radius 1 is 1.23 bits per heavy atom. The first-order valence-electron chi connectivity index (χ1n) is 10.3. The predicted octanol–water partition coefficient (Wildman–Crippen LogP) is 4.31.